The molecule has 1 aliphatic rings. The molecule has 1 rings (SSSR count). The Labute approximate surface area is 66.9 Å². The maximum atomic E-state index is 10.2. The van der Waals surface area contributed by atoms with Crippen molar-refractivity contribution in [2.45, 2.75) is 20.8 Å². The zero-order valence-corrected chi connectivity index (χ0v) is 7.16. The van der Waals surface area contributed by atoms with Crippen LogP contribution in [0.2, 0.25) is 0 Å². The minimum Gasteiger partial charge on any atom is -0.478 e. The SMILES string of the molecule is C[C@@H]1[C@H](C=CC(=O)O)C1(C)C. The van der Waals surface area contributed by atoms with Gasteiger partial charge in [0, 0.05) is 6.08 Å². The zero-order chi connectivity index (χ0) is 8.65. The van der Waals surface area contributed by atoms with Crippen LogP contribution < -0.4 is 0 Å². The lowest BCUT2D eigenvalue weighted by Gasteiger charge is -1.95. The average molecular weight is 154 g/mol. The summed E-state index contributed by atoms with van der Waals surface area (Å²) in [6, 6.07) is 0. The first kappa shape index (κ1) is 8.31. The second-order valence-corrected chi connectivity index (χ2v) is 3.83. The molecule has 0 unspecified atom stereocenters. The molecule has 62 valence electrons. The van der Waals surface area contributed by atoms with E-state index in [0.717, 1.165) is 0 Å². The van der Waals surface area contributed by atoms with Gasteiger partial charge in [0.15, 0.2) is 0 Å². The summed E-state index contributed by atoms with van der Waals surface area (Å²) in [5.41, 5.74) is 0.311. The molecule has 0 saturated heterocycles. The molecule has 11 heavy (non-hydrogen) atoms. The van der Waals surface area contributed by atoms with Crippen molar-refractivity contribution in [2.75, 3.05) is 0 Å². The molecule has 2 nitrogen and oxygen atoms in total. The molecule has 2 heteroatoms. The van der Waals surface area contributed by atoms with Crippen LogP contribution in [0.5, 0.6) is 0 Å². The number of aliphatic carboxylic acids is 1. The number of allylic oxidation sites excluding steroid dienone is 1. The van der Waals surface area contributed by atoms with E-state index in [-0.39, 0.29) is 0 Å². The second kappa shape index (κ2) is 2.36. The average Bonchev–Trinajstić information content (AvgIpc) is 2.30. The maximum Gasteiger partial charge on any atom is 0.327 e. The van der Waals surface area contributed by atoms with Gasteiger partial charge in [0.25, 0.3) is 0 Å². The van der Waals surface area contributed by atoms with E-state index >= 15 is 0 Å². The van der Waals surface area contributed by atoms with Crippen LogP contribution in [-0.4, -0.2) is 11.1 Å². The van der Waals surface area contributed by atoms with Crippen LogP contribution in [0.25, 0.3) is 0 Å². The first-order valence-corrected chi connectivity index (χ1v) is 3.87. The van der Waals surface area contributed by atoms with Gasteiger partial charge >= 0.3 is 5.97 Å². The molecule has 2 atom stereocenters. The lowest BCUT2D eigenvalue weighted by Crippen LogP contribution is -1.90. The highest BCUT2D eigenvalue weighted by Gasteiger charge is 2.52. The first-order chi connectivity index (χ1) is 4.96. The van der Waals surface area contributed by atoms with E-state index < -0.39 is 5.97 Å². The van der Waals surface area contributed by atoms with Gasteiger partial charge in [-0.05, 0) is 17.3 Å². The van der Waals surface area contributed by atoms with Gasteiger partial charge in [0.2, 0.25) is 0 Å². The first-order valence-electron chi connectivity index (χ1n) is 3.87. The second-order valence-electron chi connectivity index (χ2n) is 3.83. The number of carbonyl (C=O) groups is 1. The van der Waals surface area contributed by atoms with Gasteiger partial charge in [-0.1, -0.05) is 26.8 Å². The van der Waals surface area contributed by atoms with Crippen LogP contribution in [-0.2, 0) is 4.79 Å². The Bertz CT molecular complexity index is 204. The van der Waals surface area contributed by atoms with Gasteiger partial charge in [-0.25, -0.2) is 4.79 Å². The minimum atomic E-state index is -0.847. The summed E-state index contributed by atoms with van der Waals surface area (Å²) in [7, 11) is 0. The van der Waals surface area contributed by atoms with Crippen molar-refractivity contribution in [2.24, 2.45) is 17.3 Å². The minimum absolute atomic E-state index is 0.311. The van der Waals surface area contributed by atoms with Gasteiger partial charge in [-0.2, -0.15) is 0 Å². The third kappa shape index (κ3) is 1.44. The topological polar surface area (TPSA) is 37.3 Å². The van der Waals surface area contributed by atoms with Crippen LogP contribution >= 0.6 is 0 Å². The summed E-state index contributed by atoms with van der Waals surface area (Å²) in [4.78, 5) is 10.2. The van der Waals surface area contributed by atoms with E-state index in [9.17, 15) is 4.79 Å². The van der Waals surface area contributed by atoms with Crippen molar-refractivity contribution in [3.8, 4) is 0 Å². The fraction of sp³-hybridized carbons (Fsp3) is 0.667. The van der Waals surface area contributed by atoms with E-state index in [0.29, 0.717) is 17.3 Å². The molecular formula is C9H14O2. The summed E-state index contributed by atoms with van der Waals surface area (Å²) in [6.45, 7) is 6.47. The molecule has 0 aromatic heterocycles. The van der Waals surface area contributed by atoms with Crippen LogP contribution in [0.1, 0.15) is 20.8 Å². The summed E-state index contributed by atoms with van der Waals surface area (Å²) in [5.74, 6) is 0.233. The Kier molecular flexibility index (Phi) is 1.78. The van der Waals surface area contributed by atoms with Gasteiger partial charge in [0.05, 0.1) is 0 Å². The highest BCUT2D eigenvalue weighted by Crippen LogP contribution is 2.58. The van der Waals surface area contributed by atoms with E-state index in [2.05, 4.69) is 20.8 Å². The van der Waals surface area contributed by atoms with E-state index in [1.807, 2.05) is 0 Å². The Balaban J connectivity index is 2.50. The van der Waals surface area contributed by atoms with Crippen molar-refractivity contribution in [3.63, 3.8) is 0 Å². The number of hydrogen-bond donors (Lipinski definition) is 1. The van der Waals surface area contributed by atoms with E-state index in [4.69, 9.17) is 5.11 Å². The Morgan fingerprint density at radius 3 is 2.27 bits per heavy atom. The summed E-state index contributed by atoms with van der Waals surface area (Å²) < 4.78 is 0. The van der Waals surface area contributed by atoms with E-state index in [1.54, 1.807) is 6.08 Å². The van der Waals surface area contributed by atoms with Crippen molar-refractivity contribution in [1.29, 1.82) is 0 Å². The predicted octanol–water partition coefficient (Wildman–Crippen LogP) is 1.92. The fourth-order valence-electron chi connectivity index (χ4n) is 1.54. The Hall–Kier alpha value is -0.790. The smallest absolute Gasteiger partial charge is 0.327 e. The third-order valence-electron chi connectivity index (χ3n) is 2.91. The van der Waals surface area contributed by atoms with Gasteiger partial charge < -0.3 is 5.11 Å². The molecule has 0 bridgehead atoms. The third-order valence-corrected chi connectivity index (χ3v) is 2.91. The van der Waals surface area contributed by atoms with Crippen LogP contribution in [0.3, 0.4) is 0 Å². The van der Waals surface area contributed by atoms with Crippen molar-refractivity contribution in [1.82, 2.24) is 0 Å². The molecule has 1 saturated carbocycles. The normalized spacial score (nSPS) is 34.1. The molecule has 0 spiro atoms. The summed E-state index contributed by atoms with van der Waals surface area (Å²) in [6.07, 6.45) is 3.04. The highest BCUT2D eigenvalue weighted by atomic mass is 16.4. The number of carboxylic acid groups (broad SMARTS) is 1. The van der Waals surface area contributed by atoms with Gasteiger partial charge in [-0.15, -0.1) is 0 Å². The number of hydrogen-bond acceptors (Lipinski definition) is 1. The van der Waals surface area contributed by atoms with Gasteiger partial charge in [-0.3, -0.25) is 0 Å². The molecule has 1 N–H and O–H groups in total. The van der Waals surface area contributed by atoms with Crippen molar-refractivity contribution in [3.05, 3.63) is 12.2 Å². The molecule has 0 aromatic rings. The molecule has 1 fully saturated rings. The van der Waals surface area contributed by atoms with Crippen LogP contribution in [0.4, 0.5) is 0 Å². The monoisotopic (exact) mass is 154 g/mol. The summed E-state index contributed by atoms with van der Waals surface area (Å²) in [5, 5.41) is 8.36. The quantitative estimate of drug-likeness (QED) is 0.617. The molecular weight excluding hydrogens is 140 g/mol. The highest BCUT2D eigenvalue weighted by molar-refractivity contribution is 5.79. The summed E-state index contributed by atoms with van der Waals surface area (Å²) >= 11 is 0. The molecule has 0 heterocycles. The molecule has 0 aromatic carbocycles. The van der Waals surface area contributed by atoms with Crippen molar-refractivity contribution >= 4 is 5.97 Å². The lowest BCUT2D eigenvalue weighted by molar-refractivity contribution is -0.131. The number of carboxylic acids is 1. The molecule has 0 radical (unpaired) electrons. The molecule has 1 aliphatic carbocycles. The Morgan fingerprint density at radius 1 is 1.55 bits per heavy atom. The predicted molar refractivity (Wildman–Crippen MR) is 43.2 cm³/mol. The van der Waals surface area contributed by atoms with Crippen LogP contribution in [0, 0.1) is 17.3 Å². The van der Waals surface area contributed by atoms with E-state index in [1.165, 1.54) is 6.08 Å². The molecule has 0 aliphatic heterocycles. The fourth-order valence-corrected chi connectivity index (χ4v) is 1.54. The lowest BCUT2D eigenvalue weighted by atomic mass is 10.1. The largest absolute Gasteiger partial charge is 0.478 e. The molecule has 0 amide bonds. The van der Waals surface area contributed by atoms with Crippen LogP contribution in [0.15, 0.2) is 12.2 Å². The Morgan fingerprint density at radius 2 is 2.00 bits per heavy atom. The maximum absolute atomic E-state index is 10.2. The van der Waals surface area contributed by atoms with Gasteiger partial charge in [0.1, 0.15) is 0 Å². The zero-order valence-electron chi connectivity index (χ0n) is 7.16. The van der Waals surface area contributed by atoms with Crippen molar-refractivity contribution < 1.29 is 9.90 Å². The number of rotatable bonds is 2. The standard InChI is InChI=1S/C9H14O2/c1-6-7(9(6,2)3)4-5-8(10)11/h4-7H,1-3H3,(H,10,11)/t6-,7+/m1/s1.